The van der Waals surface area contributed by atoms with Crippen LogP contribution in [-0.2, 0) is 0 Å². The standard InChI is InChI=1S/C20H21BrN2O3S/c1-13-4-2-3-5-17(13)22-20(24)14-6-11-19(18(12-14)23(25)26)27-16-9-7-15(21)8-10-16/h6-13,17H,2-5H2,1H3,(H,22,24)/t13-,17-/m1/s1. The Balaban J connectivity index is 1.79. The summed E-state index contributed by atoms with van der Waals surface area (Å²) in [5.41, 5.74) is 0.284. The van der Waals surface area contributed by atoms with Gasteiger partial charge in [-0.2, -0.15) is 0 Å². The number of nitro groups is 1. The lowest BCUT2D eigenvalue weighted by Gasteiger charge is -2.29. The normalized spacial score (nSPS) is 19.5. The van der Waals surface area contributed by atoms with Gasteiger partial charge in [-0.15, -0.1) is 0 Å². The molecular formula is C20H21BrN2O3S. The lowest BCUT2D eigenvalue weighted by molar-refractivity contribution is -0.387. The zero-order valence-electron chi connectivity index (χ0n) is 15.0. The number of nitro benzene ring substituents is 1. The van der Waals surface area contributed by atoms with Crippen molar-refractivity contribution in [3.05, 3.63) is 62.6 Å². The van der Waals surface area contributed by atoms with Crippen molar-refractivity contribution in [1.82, 2.24) is 5.32 Å². The molecule has 2 aromatic carbocycles. The molecule has 0 bridgehead atoms. The Morgan fingerprint density at radius 2 is 1.89 bits per heavy atom. The summed E-state index contributed by atoms with van der Waals surface area (Å²) in [6.45, 7) is 2.14. The van der Waals surface area contributed by atoms with Crippen molar-refractivity contribution >= 4 is 39.3 Å². The van der Waals surface area contributed by atoms with E-state index in [-0.39, 0.29) is 17.6 Å². The SMILES string of the molecule is C[C@@H]1CCCC[C@H]1NC(=O)c1ccc(Sc2ccc(Br)cc2)c([N+](=O)[O-])c1. The first-order valence-corrected chi connectivity index (χ1v) is 10.6. The Morgan fingerprint density at radius 3 is 2.56 bits per heavy atom. The van der Waals surface area contributed by atoms with Crippen molar-refractivity contribution in [1.29, 1.82) is 0 Å². The zero-order chi connectivity index (χ0) is 19.4. The van der Waals surface area contributed by atoms with Crippen molar-refractivity contribution < 1.29 is 9.72 Å². The second kappa shape index (κ2) is 8.89. The number of benzene rings is 2. The molecule has 142 valence electrons. The molecule has 1 fully saturated rings. The third-order valence-electron chi connectivity index (χ3n) is 4.89. The molecule has 0 aliphatic heterocycles. The molecule has 3 rings (SSSR count). The molecule has 1 aliphatic carbocycles. The van der Waals surface area contributed by atoms with Crippen LogP contribution in [0.25, 0.3) is 0 Å². The quantitative estimate of drug-likeness (QED) is 0.462. The first-order valence-electron chi connectivity index (χ1n) is 8.97. The van der Waals surface area contributed by atoms with E-state index in [4.69, 9.17) is 0 Å². The maximum Gasteiger partial charge on any atom is 0.284 e. The number of nitrogens with zero attached hydrogens (tertiary/aromatic N) is 1. The molecule has 0 saturated heterocycles. The monoisotopic (exact) mass is 448 g/mol. The van der Waals surface area contributed by atoms with Crippen LogP contribution in [0.3, 0.4) is 0 Å². The number of amides is 1. The molecule has 1 N–H and O–H groups in total. The summed E-state index contributed by atoms with van der Waals surface area (Å²) >= 11 is 4.69. The van der Waals surface area contributed by atoms with E-state index in [0.717, 1.165) is 28.6 Å². The zero-order valence-corrected chi connectivity index (χ0v) is 17.4. The first-order chi connectivity index (χ1) is 12.9. The highest BCUT2D eigenvalue weighted by molar-refractivity contribution is 9.10. The lowest BCUT2D eigenvalue weighted by atomic mass is 9.86. The number of rotatable bonds is 5. The Labute approximate surface area is 171 Å². The molecule has 0 spiro atoms. The molecule has 1 saturated carbocycles. The van der Waals surface area contributed by atoms with Crippen molar-refractivity contribution in [3.8, 4) is 0 Å². The second-order valence-corrected chi connectivity index (χ2v) is 8.87. The van der Waals surface area contributed by atoms with Crippen LogP contribution >= 0.6 is 27.7 Å². The minimum atomic E-state index is -0.429. The van der Waals surface area contributed by atoms with E-state index >= 15 is 0 Å². The minimum absolute atomic E-state index is 0.0488. The third kappa shape index (κ3) is 5.11. The number of hydrogen-bond acceptors (Lipinski definition) is 4. The second-order valence-electron chi connectivity index (χ2n) is 6.84. The van der Waals surface area contributed by atoms with Crippen LogP contribution in [0.1, 0.15) is 43.0 Å². The summed E-state index contributed by atoms with van der Waals surface area (Å²) in [6, 6.07) is 12.4. The van der Waals surface area contributed by atoms with Crippen LogP contribution in [0.4, 0.5) is 5.69 Å². The molecular weight excluding hydrogens is 428 g/mol. The van der Waals surface area contributed by atoms with Crippen LogP contribution in [0, 0.1) is 16.0 Å². The van der Waals surface area contributed by atoms with Crippen LogP contribution in [-0.4, -0.2) is 16.9 Å². The van der Waals surface area contributed by atoms with E-state index in [1.807, 2.05) is 24.3 Å². The maximum absolute atomic E-state index is 12.6. The Kier molecular flexibility index (Phi) is 6.55. The van der Waals surface area contributed by atoms with Gasteiger partial charge in [-0.05, 0) is 55.2 Å². The topological polar surface area (TPSA) is 72.2 Å². The molecule has 1 amide bonds. The Hall–Kier alpha value is -1.86. The van der Waals surface area contributed by atoms with Gasteiger partial charge in [0.05, 0.1) is 9.82 Å². The summed E-state index contributed by atoms with van der Waals surface area (Å²) in [5, 5.41) is 14.6. The summed E-state index contributed by atoms with van der Waals surface area (Å²) in [6.07, 6.45) is 4.37. The smallest absolute Gasteiger partial charge is 0.284 e. The molecule has 0 radical (unpaired) electrons. The fourth-order valence-electron chi connectivity index (χ4n) is 3.30. The molecule has 5 nitrogen and oxygen atoms in total. The number of hydrogen-bond donors (Lipinski definition) is 1. The van der Waals surface area contributed by atoms with Crippen LogP contribution in [0.15, 0.2) is 56.7 Å². The molecule has 7 heteroatoms. The van der Waals surface area contributed by atoms with Gasteiger partial charge in [0.2, 0.25) is 0 Å². The number of nitrogens with one attached hydrogen (secondary N) is 1. The summed E-state index contributed by atoms with van der Waals surface area (Å²) in [5.74, 6) is 0.196. The summed E-state index contributed by atoms with van der Waals surface area (Å²) in [4.78, 5) is 25.1. The van der Waals surface area contributed by atoms with E-state index in [1.54, 1.807) is 12.1 Å². The van der Waals surface area contributed by atoms with Crippen LogP contribution in [0.5, 0.6) is 0 Å². The average Bonchev–Trinajstić information content (AvgIpc) is 2.65. The van der Waals surface area contributed by atoms with E-state index in [0.29, 0.717) is 16.4 Å². The molecule has 27 heavy (non-hydrogen) atoms. The number of carbonyl (C=O) groups excluding carboxylic acids is 1. The highest BCUT2D eigenvalue weighted by Crippen LogP contribution is 2.36. The van der Waals surface area contributed by atoms with E-state index < -0.39 is 4.92 Å². The van der Waals surface area contributed by atoms with E-state index in [2.05, 4.69) is 28.2 Å². The van der Waals surface area contributed by atoms with Crippen molar-refractivity contribution in [3.63, 3.8) is 0 Å². The van der Waals surface area contributed by atoms with Gasteiger partial charge in [-0.1, -0.05) is 47.5 Å². The van der Waals surface area contributed by atoms with Crippen molar-refractivity contribution in [2.45, 2.75) is 48.4 Å². The van der Waals surface area contributed by atoms with Gasteiger partial charge in [-0.25, -0.2) is 0 Å². The Morgan fingerprint density at radius 1 is 1.19 bits per heavy atom. The van der Waals surface area contributed by atoms with Crippen LogP contribution in [0.2, 0.25) is 0 Å². The minimum Gasteiger partial charge on any atom is -0.349 e. The molecule has 2 atom stereocenters. The van der Waals surface area contributed by atoms with Gasteiger partial charge in [0.1, 0.15) is 0 Å². The maximum atomic E-state index is 12.6. The fraction of sp³-hybridized carbons (Fsp3) is 0.350. The molecule has 0 unspecified atom stereocenters. The fourth-order valence-corrected chi connectivity index (χ4v) is 4.46. The molecule has 1 aliphatic rings. The number of halogens is 1. The predicted molar refractivity (Wildman–Crippen MR) is 110 cm³/mol. The van der Waals surface area contributed by atoms with Crippen molar-refractivity contribution in [2.75, 3.05) is 0 Å². The van der Waals surface area contributed by atoms with E-state index in [9.17, 15) is 14.9 Å². The highest BCUT2D eigenvalue weighted by atomic mass is 79.9. The molecule has 0 heterocycles. The van der Waals surface area contributed by atoms with Crippen molar-refractivity contribution in [2.24, 2.45) is 5.92 Å². The van der Waals surface area contributed by atoms with Gasteiger partial charge in [-0.3, -0.25) is 14.9 Å². The first kappa shape index (κ1) is 19.9. The summed E-state index contributed by atoms with van der Waals surface area (Å²) < 4.78 is 0.949. The van der Waals surface area contributed by atoms with Gasteiger partial charge in [0, 0.05) is 27.0 Å². The highest BCUT2D eigenvalue weighted by Gasteiger charge is 2.24. The molecule has 0 aromatic heterocycles. The Bertz CT molecular complexity index is 842. The molecule has 2 aromatic rings. The third-order valence-corrected chi connectivity index (χ3v) is 6.49. The van der Waals surface area contributed by atoms with Gasteiger partial charge < -0.3 is 5.32 Å². The average molecular weight is 449 g/mol. The van der Waals surface area contributed by atoms with Gasteiger partial charge in [0.15, 0.2) is 0 Å². The largest absolute Gasteiger partial charge is 0.349 e. The van der Waals surface area contributed by atoms with Crippen LogP contribution < -0.4 is 5.32 Å². The number of carbonyl (C=O) groups is 1. The summed E-state index contributed by atoms with van der Waals surface area (Å²) in [7, 11) is 0. The predicted octanol–water partition coefficient (Wildman–Crippen LogP) is 5.82. The van der Waals surface area contributed by atoms with Gasteiger partial charge >= 0.3 is 0 Å². The van der Waals surface area contributed by atoms with Gasteiger partial charge in [0.25, 0.3) is 11.6 Å². The lowest BCUT2D eigenvalue weighted by Crippen LogP contribution is -2.41. The van der Waals surface area contributed by atoms with E-state index in [1.165, 1.54) is 24.2 Å².